The fourth-order valence-corrected chi connectivity index (χ4v) is 3.20. The lowest BCUT2D eigenvalue weighted by molar-refractivity contribution is -0.140. The van der Waals surface area contributed by atoms with Crippen LogP contribution < -0.4 is 5.32 Å². The van der Waals surface area contributed by atoms with Crippen LogP contribution in [0, 0.1) is 5.92 Å². The number of carbonyl (C=O) groups excluding carboxylic acids is 3. The van der Waals surface area contributed by atoms with Crippen molar-refractivity contribution in [3.8, 4) is 0 Å². The summed E-state index contributed by atoms with van der Waals surface area (Å²) >= 11 is 0. The molecule has 1 heterocycles. The van der Waals surface area contributed by atoms with Gasteiger partial charge in [0.05, 0.1) is 7.11 Å². The Hall–Kier alpha value is -2.37. The number of amides is 2. The molecule has 1 saturated heterocycles. The van der Waals surface area contributed by atoms with Crippen molar-refractivity contribution in [1.29, 1.82) is 0 Å². The number of likely N-dealkylation sites (tertiary alicyclic amines) is 1. The summed E-state index contributed by atoms with van der Waals surface area (Å²) in [6.45, 7) is 0.680. The molecule has 1 aromatic carbocycles. The van der Waals surface area contributed by atoms with E-state index in [1.165, 1.54) is 7.11 Å². The van der Waals surface area contributed by atoms with Crippen LogP contribution in [0.2, 0.25) is 0 Å². The number of aryl methyl sites for hydroxylation is 1. The molecular weight excluding hydrogens is 320 g/mol. The minimum Gasteiger partial charge on any atom is -0.469 e. The maximum Gasteiger partial charge on any atom is 0.305 e. The molecule has 1 N–H and O–H groups in total. The maximum absolute atomic E-state index is 12.5. The van der Waals surface area contributed by atoms with Crippen molar-refractivity contribution in [2.24, 2.45) is 5.92 Å². The summed E-state index contributed by atoms with van der Waals surface area (Å²) in [5, 5.41) is 2.91. The maximum atomic E-state index is 12.5. The first-order valence-corrected chi connectivity index (χ1v) is 8.85. The Morgan fingerprint density at radius 2 is 1.88 bits per heavy atom. The zero-order chi connectivity index (χ0) is 17.8. The lowest BCUT2D eigenvalue weighted by atomic mass is 10.1. The summed E-state index contributed by atoms with van der Waals surface area (Å²) in [5.74, 6) is -0.0776. The summed E-state index contributed by atoms with van der Waals surface area (Å²) in [7, 11) is 1.38. The van der Waals surface area contributed by atoms with Crippen LogP contribution in [0.3, 0.4) is 0 Å². The topological polar surface area (TPSA) is 75.7 Å². The molecule has 134 valence electrons. The zero-order valence-electron chi connectivity index (χ0n) is 14.5. The average Bonchev–Trinajstić information content (AvgIpc) is 3.36. The molecule has 25 heavy (non-hydrogen) atoms. The van der Waals surface area contributed by atoms with Gasteiger partial charge in [0.1, 0.15) is 6.04 Å². The number of esters is 1. The quantitative estimate of drug-likeness (QED) is 0.802. The van der Waals surface area contributed by atoms with Crippen molar-refractivity contribution in [2.45, 2.75) is 44.6 Å². The van der Waals surface area contributed by atoms with Gasteiger partial charge in [-0.05, 0) is 49.8 Å². The molecule has 0 aromatic heterocycles. The van der Waals surface area contributed by atoms with E-state index in [1.807, 2.05) is 24.3 Å². The van der Waals surface area contributed by atoms with E-state index in [9.17, 15) is 14.4 Å². The van der Waals surface area contributed by atoms with Gasteiger partial charge in [0, 0.05) is 24.6 Å². The largest absolute Gasteiger partial charge is 0.469 e. The molecule has 1 aromatic rings. The van der Waals surface area contributed by atoms with E-state index in [2.05, 4.69) is 10.1 Å². The Kier molecular flexibility index (Phi) is 5.36. The molecule has 3 rings (SSSR count). The molecule has 6 nitrogen and oxygen atoms in total. The highest BCUT2D eigenvalue weighted by atomic mass is 16.5. The number of ether oxygens (including phenoxy) is 1. The van der Waals surface area contributed by atoms with Gasteiger partial charge in [-0.15, -0.1) is 0 Å². The minimum absolute atomic E-state index is 0.117. The number of nitrogens with one attached hydrogen (secondary N) is 1. The van der Waals surface area contributed by atoms with Crippen molar-refractivity contribution >= 4 is 23.5 Å². The SMILES string of the molecule is COC(=O)CCc1ccc(NC(=O)[C@@H]2CCCN2C(=O)C2CC2)cc1. The number of methoxy groups -OCH3 is 1. The molecule has 0 spiro atoms. The van der Waals surface area contributed by atoms with Crippen LogP contribution in [0.5, 0.6) is 0 Å². The van der Waals surface area contributed by atoms with E-state index in [1.54, 1.807) is 4.90 Å². The standard InChI is InChI=1S/C19H24N2O4/c1-25-17(22)11-6-13-4-9-15(10-5-13)20-18(23)16-3-2-12-21(16)19(24)14-7-8-14/h4-5,9-10,14,16H,2-3,6-8,11-12H2,1H3,(H,20,23)/t16-/m0/s1. The van der Waals surface area contributed by atoms with Gasteiger partial charge < -0.3 is 15.0 Å². The fraction of sp³-hybridized carbons (Fsp3) is 0.526. The van der Waals surface area contributed by atoms with Gasteiger partial charge >= 0.3 is 5.97 Å². The number of anilines is 1. The predicted octanol–water partition coefficient (Wildman–Crippen LogP) is 2.13. The van der Waals surface area contributed by atoms with Gasteiger partial charge in [0.2, 0.25) is 11.8 Å². The van der Waals surface area contributed by atoms with Gasteiger partial charge in [0.15, 0.2) is 0 Å². The lowest BCUT2D eigenvalue weighted by Gasteiger charge is -2.24. The Morgan fingerprint density at radius 1 is 1.16 bits per heavy atom. The number of carbonyl (C=O) groups is 3. The molecule has 1 aliphatic carbocycles. The van der Waals surface area contributed by atoms with Crippen molar-refractivity contribution in [1.82, 2.24) is 4.90 Å². The molecule has 1 aliphatic heterocycles. The van der Waals surface area contributed by atoms with Crippen LogP contribution in [0.4, 0.5) is 5.69 Å². The molecular formula is C19H24N2O4. The number of hydrogen-bond donors (Lipinski definition) is 1. The summed E-state index contributed by atoms with van der Waals surface area (Å²) in [4.78, 5) is 37.7. The van der Waals surface area contributed by atoms with E-state index in [0.29, 0.717) is 25.1 Å². The van der Waals surface area contributed by atoms with Gasteiger partial charge in [-0.1, -0.05) is 12.1 Å². The van der Waals surface area contributed by atoms with Crippen molar-refractivity contribution in [2.75, 3.05) is 19.0 Å². The summed E-state index contributed by atoms with van der Waals surface area (Å²) in [6.07, 6.45) is 4.45. The summed E-state index contributed by atoms with van der Waals surface area (Å²) in [6, 6.07) is 7.08. The zero-order valence-corrected chi connectivity index (χ0v) is 14.5. The lowest BCUT2D eigenvalue weighted by Crippen LogP contribution is -2.43. The molecule has 2 fully saturated rings. The predicted molar refractivity (Wildman–Crippen MR) is 92.9 cm³/mol. The normalized spacial score (nSPS) is 19.6. The molecule has 0 radical (unpaired) electrons. The third kappa shape index (κ3) is 4.38. The first kappa shape index (κ1) is 17.5. The third-order valence-corrected chi connectivity index (χ3v) is 4.83. The summed E-state index contributed by atoms with van der Waals surface area (Å²) in [5.41, 5.74) is 1.72. The second-order valence-corrected chi connectivity index (χ2v) is 6.73. The van der Waals surface area contributed by atoms with Crippen molar-refractivity contribution in [3.05, 3.63) is 29.8 Å². The molecule has 6 heteroatoms. The molecule has 0 bridgehead atoms. The number of rotatable bonds is 6. The van der Waals surface area contributed by atoms with Crippen LogP contribution >= 0.6 is 0 Å². The van der Waals surface area contributed by atoms with E-state index < -0.39 is 0 Å². The van der Waals surface area contributed by atoms with E-state index >= 15 is 0 Å². The van der Waals surface area contributed by atoms with Crippen LogP contribution in [0.1, 0.15) is 37.7 Å². The monoisotopic (exact) mass is 344 g/mol. The highest BCUT2D eigenvalue weighted by Gasteiger charge is 2.40. The highest BCUT2D eigenvalue weighted by Crippen LogP contribution is 2.33. The van der Waals surface area contributed by atoms with Crippen LogP contribution in [-0.4, -0.2) is 42.4 Å². The fourth-order valence-electron chi connectivity index (χ4n) is 3.20. The first-order valence-electron chi connectivity index (χ1n) is 8.85. The molecule has 1 saturated carbocycles. The van der Waals surface area contributed by atoms with Gasteiger partial charge in [-0.2, -0.15) is 0 Å². The molecule has 0 unspecified atom stereocenters. The Bertz CT molecular complexity index is 652. The molecule has 2 aliphatic rings. The van der Waals surface area contributed by atoms with Gasteiger partial charge in [-0.3, -0.25) is 14.4 Å². The molecule has 2 amide bonds. The Labute approximate surface area is 147 Å². The van der Waals surface area contributed by atoms with Crippen LogP contribution in [0.25, 0.3) is 0 Å². The van der Waals surface area contributed by atoms with Crippen molar-refractivity contribution < 1.29 is 19.1 Å². The second kappa shape index (κ2) is 7.68. The molecule has 1 atom stereocenters. The van der Waals surface area contributed by atoms with E-state index in [4.69, 9.17) is 0 Å². The Balaban J connectivity index is 1.55. The average molecular weight is 344 g/mol. The van der Waals surface area contributed by atoms with E-state index in [-0.39, 0.29) is 29.7 Å². The first-order chi connectivity index (χ1) is 12.1. The Morgan fingerprint density at radius 3 is 2.52 bits per heavy atom. The van der Waals surface area contributed by atoms with Crippen LogP contribution in [-0.2, 0) is 25.5 Å². The van der Waals surface area contributed by atoms with Gasteiger partial charge in [0.25, 0.3) is 0 Å². The smallest absolute Gasteiger partial charge is 0.305 e. The van der Waals surface area contributed by atoms with Crippen LogP contribution in [0.15, 0.2) is 24.3 Å². The minimum atomic E-state index is -0.355. The van der Waals surface area contributed by atoms with Gasteiger partial charge in [-0.25, -0.2) is 0 Å². The second-order valence-electron chi connectivity index (χ2n) is 6.73. The summed E-state index contributed by atoms with van der Waals surface area (Å²) < 4.78 is 4.63. The van der Waals surface area contributed by atoms with Crippen molar-refractivity contribution in [3.63, 3.8) is 0 Å². The third-order valence-electron chi connectivity index (χ3n) is 4.83. The van der Waals surface area contributed by atoms with E-state index in [0.717, 1.165) is 31.2 Å². The number of benzene rings is 1. The number of hydrogen-bond acceptors (Lipinski definition) is 4. The number of nitrogens with zero attached hydrogens (tertiary/aromatic N) is 1. The highest BCUT2D eigenvalue weighted by molar-refractivity contribution is 5.98.